The molecule has 2 atom stereocenters. The molecule has 2 aromatic rings. The topological polar surface area (TPSA) is 49.3 Å². The van der Waals surface area contributed by atoms with Gasteiger partial charge in [0.25, 0.3) is 0 Å². The molecule has 1 aliphatic rings. The molecule has 2 aromatic carbocycles. The van der Waals surface area contributed by atoms with Crippen LogP contribution in [-0.2, 0) is 11.2 Å². The summed E-state index contributed by atoms with van der Waals surface area (Å²) in [5, 5.41) is 12.7. The van der Waals surface area contributed by atoms with Gasteiger partial charge in [-0.25, -0.2) is 9.18 Å². The quantitative estimate of drug-likeness (QED) is 0.748. The third-order valence-corrected chi connectivity index (χ3v) is 5.59. The van der Waals surface area contributed by atoms with Gasteiger partial charge < -0.3 is 10.4 Å². The predicted molar refractivity (Wildman–Crippen MR) is 91.9 cm³/mol. The summed E-state index contributed by atoms with van der Waals surface area (Å²) >= 11 is 2.15. The molecule has 0 saturated heterocycles. The van der Waals surface area contributed by atoms with Crippen LogP contribution in [0.2, 0.25) is 0 Å². The molecule has 0 aliphatic heterocycles. The van der Waals surface area contributed by atoms with Crippen molar-refractivity contribution in [2.75, 3.05) is 5.32 Å². The molecule has 0 bridgehead atoms. The van der Waals surface area contributed by atoms with Gasteiger partial charge >= 0.3 is 5.97 Å². The van der Waals surface area contributed by atoms with E-state index >= 15 is 0 Å². The molecule has 0 spiro atoms. The fraction of sp³-hybridized carbons (Fsp3) is 0.235. The zero-order valence-corrected chi connectivity index (χ0v) is 14.1. The molecule has 0 heterocycles. The standard InChI is InChI=1S/C17H15FINO2/c1-10-5-4-8-13(14(10)19)20-17(16(21)22)9-11-6-2-3-7-12(11)15(17)18/h2-8,15,20H,9H2,1H3,(H,21,22). The van der Waals surface area contributed by atoms with Gasteiger partial charge in [-0.1, -0.05) is 36.4 Å². The monoisotopic (exact) mass is 411 g/mol. The minimum Gasteiger partial charge on any atom is -0.479 e. The van der Waals surface area contributed by atoms with Crippen molar-refractivity contribution in [2.24, 2.45) is 0 Å². The van der Waals surface area contributed by atoms with E-state index in [-0.39, 0.29) is 6.42 Å². The molecule has 0 radical (unpaired) electrons. The molecule has 3 nitrogen and oxygen atoms in total. The van der Waals surface area contributed by atoms with Gasteiger partial charge in [-0.15, -0.1) is 0 Å². The molecule has 2 N–H and O–H groups in total. The van der Waals surface area contributed by atoms with E-state index in [4.69, 9.17) is 0 Å². The third kappa shape index (κ3) is 2.27. The highest BCUT2D eigenvalue weighted by Gasteiger charge is 2.53. The second-order valence-corrected chi connectivity index (χ2v) is 6.65. The van der Waals surface area contributed by atoms with E-state index < -0.39 is 17.7 Å². The molecular weight excluding hydrogens is 396 g/mol. The number of rotatable bonds is 3. The molecule has 22 heavy (non-hydrogen) atoms. The van der Waals surface area contributed by atoms with Gasteiger partial charge in [0.15, 0.2) is 11.7 Å². The van der Waals surface area contributed by atoms with Gasteiger partial charge in [-0.3, -0.25) is 0 Å². The number of carboxylic acids is 1. The van der Waals surface area contributed by atoms with E-state index in [1.54, 1.807) is 30.3 Å². The first-order valence-corrected chi connectivity index (χ1v) is 8.02. The summed E-state index contributed by atoms with van der Waals surface area (Å²) < 4.78 is 15.9. The first-order chi connectivity index (χ1) is 10.5. The van der Waals surface area contributed by atoms with Crippen LogP contribution in [0.25, 0.3) is 0 Å². The smallest absolute Gasteiger partial charge is 0.333 e. The van der Waals surface area contributed by atoms with Gasteiger partial charge in [-0.2, -0.15) is 0 Å². The minimum atomic E-state index is -1.66. The first kappa shape index (κ1) is 15.3. The molecule has 5 heteroatoms. The van der Waals surface area contributed by atoms with Crippen molar-refractivity contribution in [3.8, 4) is 0 Å². The molecule has 1 aliphatic carbocycles. The van der Waals surface area contributed by atoms with Crippen molar-refractivity contribution >= 4 is 34.2 Å². The summed E-state index contributed by atoms with van der Waals surface area (Å²) in [6.07, 6.45) is -1.46. The number of hydrogen-bond acceptors (Lipinski definition) is 2. The Bertz CT molecular complexity index is 749. The van der Waals surface area contributed by atoms with E-state index in [9.17, 15) is 14.3 Å². The lowest BCUT2D eigenvalue weighted by Gasteiger charge is -2.30. The highest BCUT2D eigenvalue weighted by molar-refractivity contribution is 14.1. The Kier molecular flexibility index (Phi) is 3.84. The fourth-order valence-corrected chi connectivity index (χ4v) is 3.42. The summed E-state index contributed by atoms with van der Waals surface area (Å²) in [7, 11) is 0. The maximum absolute atomic E-state index is 15.0. The lowest BCUT2D eigenvalue weighted by Crippen LogP contribution is -2.49. The Morgan fingerprint density at radius 3 is 2.73 bits per heavy atom. The van der Waals surface area contributed by atoms with Crippen LogP contribution in [0.4, 0.5) is 10.1 Å². The second-order valence-electron chi connectivity index (χ2n) is 5.58. The van der Waals surface area contributed by atoms with Gasteiger partial charge in [0.1, 0.15) is 0 Å². The van der Waals surface area contributed by atoms with Crippen molar-refractivity contribution in [1.82, 2.24) is 0 Å². The molecule has 2 unspecified atom stereocenters. The Hall–Kier alpha value is -1.63. The molecular formula is C17H15FINO2. The van der Waals surface area contributed by atoms with Crippen LogP contribution in [0.15, 0.2) is 42.5 Å². The van der Waals surface area contributed by atoms with Gasteiger partial charge in [0, 0.05) is 15.7 Å². The lowest BCUT2D eigenvalue weighted by molar-refractivity contribution is -0.144. The van der Waals surface area contributed by atoms with E-state index in [0.717, 1.165) is 14.7 Å². The van der Waals surface area contributed by atoms with Crippen molar-refractivity contribution in [1.29, 1.82) is 0 Å². The molecule has 0 aromatic heterocycles. The number of aliphatic carboxylic acids is 1. The van der Waals surface area contributed by atoms with Gasteiger partial charge in [0.2, 0.25) is 0 Å². The van der Waals surface area contributed by atoms with Crippen LogP contribution in [-0.4, -0.2) is 16.6 Å². The highest BCUT2D eigenvalue weighted by atomic mass is 127. The van der Waals surface area contributed by atoms with E-state index in [2.05, 4.69) is 27.9 Å². The number of carbonyl (C=O) groups is 1. The summed E-state index contributed by atoms with van der Waals surface area (Å²) in [6, 6.07) is 12.6. The zero-order valence-electron chi connectivity index (χ0n) is 11.9. The number of aryl methyl sites for hydroxylation is 1. The third-order valence-electron chi connectivity index (χ3n) is 4.16. The summed E-state index contributed by atoms with van der Waals surface area (Å²) in [6.45, 7) is 1.94. The maximum atomic E-state index is 15.0. The molecule has 0 amide bonds. The zero-order chi connectivity index (χ0) is 15.9. The number of nitrogens with one attached hydrogen (secondary N) is 1. The number of carboxylic acid groups (broad SMARTS) is 1. The molecule has 114 valence electrons. The molecule has 3 rings (SSSR count). The SMILES string of the molecule is Cc1cccc(NC2(C(=O)O)Cc3ccccc3C2F)c1I. The maximum Gasteiger partial charge on any atom is 0.333 e. The number of benzene rings is 2. The fourth-order valence-electron chi connectivity index (χ4n) is 2.93. The van der Waals surface area contributed by atoms with Crippen molar-refractivity contribution < 1.29 is 14.3 Å². The second kappa shape index (κ2) is 5.53. The van der Waals surface area contributed by atoms with Crippen LogP contribution < -0.4 is 5.32 Å². The number of fused-ring (bicyclic) bond motifs is 1. The van der Waals surface area contributed by atoms with Crippen LogP contribution in [0.3, 0.4) is 0 Å². The summed E-state index contributed by atoms with van der Waals surface area (Å²) in [5.41, 5.74) is 1.22. The summed E-state index contributed by atoms with van der Waals surface area (Å²) in [5.74, 6) is -1.17. The lowest BCUT2D eigenvalue weighted by atomic mass is 9.93. The Labute approximate surface area is 141 Å². The minimum absolute atomic E-state index is 0.129. The highest BCUT2D eigenvalue weighted by Crippen LogP contribution is 2.44. The number of anilines is 1. The van der Waals surface area contributed by atoms with E-state index in [1.165, 1.54) is 0 Å². The van der Waals surface area contributed by atoms with Crippen molar-refractivity contribution in [2.45, 2.75) is 25.1 Å². The van der Waals surface area contributed by atoms with Gasteiger partial charge in [-0.05, 0) is 52.3 Å². The normalized spacial score (nSPS) is 23.1. The predicted octanol–water partition coefficient (Wildman–Crippen LogP) is 4.10. The first-order valence-electron chi connectivity index (χ1n) is 6.94. The molecule has 0 saturated carbocycles. The number of alkyl halides is 1. The van der Waals surface area contributed by atoms with Crippen LogP contribution >= 0.6 is 22.6 Å². The van der Waals surface area contributed by atoms with Crippen molar-refractivity contribution in [3.63, 3.8) is 0 Å². The Morgan fingerprint density at radius 1 is 1.32 bits per heavy atom. The van der Waals surface area contributed by atoms with E-state index in [0.29, 0.717) is 11.3 Å². The average molecular weight is 411 g/mol. The Balaban J connectivity index is 2.05. The molecule has 0 fully saturated rings. The van der Waals surface area contributed by atoms with Crippen molar-refractivity contribution in [3.05, 3.63) is 62.7 Å². The largest absolute Gasteiger partial charge is 0.479 e. The average Bonchev–Trinajstić information content (AvgIpc) is 2.78. The van der Waals surface area contributed by atoms with Crippen LogP contribution in [0.5, 0.6) is 0 Å². The Morgan fingerprint density at radius 2 is 2.05 bits per heavy atom. The number of hydrogen-bond donors (Lipinski definition) is 2. The van der Waals surface area contributed by atoms with Crippen LogP contribution in [0.1, 0.15) is 22.9 Å². The van der Waals surface area contributed by atoms with Gasteiger partial charge in [0.05, 0.1) is 0 Å². The van der Waals surface area contributed by atoms with Crippen LogP contribution in [0, 0.1) is 10.5 Å². The number of halogens is 2. The summed E-state index contributed by atoms with van der Waals surface area (Å²) in [4.78, 5) is 11.9. The van der Waals surface area contributed by atoms with E-state index in [1.807, 2.05) is 19.1 Å².